The first kappa shape index (κ1) is 12.3. The van der Waals surface area contributed by atoms with E-state index in [4.69, 9.17) is 0 Å². The van der Waals surface area contributed by atoms with E-state index in [1.54, 1.807) is 0 Å². The highest BCUT2D eigenvalue weighted by molar-refractivity contribution is 7.89. The van der Waals surface area contributed by atoms with Crippen LogP contribution in [0.5, 0.6) is 0 Å². The van der Waals surface area contributed by atoms with Crippen molar-refractivity contribution in [3.05, 3.63) is 28.7 Å². The van der Waals surface area contributed by atoms with Gasteiger partial charge in [0.1, 0.15) is 4.90 Å². The Labute approximate surface area is 101 Å². The van der Waals surface area contributed by atoms with E-state index in [2.05, 4.69) is 4.98 Å². The summed E-state index contributed by atoms with van der Waals surface area (Å²) in [6.45, 7) is 2.48. The van der Waals surface area contributed by atoms with Crippen molar-refractivity contribution in [3.63, 3.8) is 0 Å². The minimum atomic E-state index is -3.64. The topological polar surface area (TPSA) is 70.2 Å². The molecule has 1 N–H and O–H groups in total. The average molecular weight is 256 g/mol. The Kier molecular flexibility index (Phi) is 3.35. The molecule has 1 aromatic heterocycles. The molecule has 17 heavy (non-hydrogen) atoms. The van der Waals surface area contributed by atoms with Gasteiger partial charge in [-0.2, -0.15) is 4.31 Å². The minimum Gasteiger partial charge on any atom is -0.366 e. The molecule has 0 aromatic carbocycles. The number of hydrogen-bond donors (Lipinski definition) is 1. The summed E-state index contributed by atoms with van der Waals surface area (Å²) in [4.78, 5) is 14.1. The van der Waals surface area contributed by atoms with Gasteiger partial charge in [0.05, 0.1) is 0 Å². The number of H-pyrrole nitrogens is 1. The summed E-state index contributed by atoms with van der Waals surface area (Å²) in [5.41, 5.74) is -0.453. The lowest BCUT2D eigenvalue weighted by Crippen LogP contribution is -2.37. The van der Waals surface area contributed by atoms with Crippen LogP contribution < -0.4 is 5.43 Å². The standard InChI is InChI=1S/C11H16N2O3S/c1-2-9-4-3-7-13(9)17(15,16)11-8-12-6-5-10(11)14/h5-6,8-9H,2-4,7H2,1H3,(H,12,14). The lowest BCUT2D eigenvalue weighted by molar-refractivity contribution is 0.379. The van der Waals surface area contributed by atoms with Crippen LogP contribution in [0.25, 0.3) is 0 Å². The number of nitrogens with zero attached hydrogens (tertiary/aromatic N) is 1. The van der Waals surface area contributed by atoms with Crippen molar-refractivity contribution >= 4 is 10.0 Å². The third-order valence-corrected chi connectivity index (χ3v) is 5.14. The van der Waals surface area contributed by atoms with Gasteiger partial charge in [-0.15, -0.1) is 0 Å². The van der Waals surface area contributed by atoms with Crippen molar-refractivity contribution in [2.45, 2.75) is 37.1 Å². The fourth-order valence-corrected chi connectivity index (χ4v) is 4.07. The van der Waals surface area contributed by atoms with Crippen molar-refractivity contribution in [1.82, 2.24) is 9.29 Å². The van der Waals surface area contributed by atoms with Crippen molar-refractivity contribution in [2.75, 3.05) is 6.54 Å². The van der Waals surface area contributed by atoms with E-state index >= 15 is 0 Å². The molecule has 94 valence electrons. The lowest BCUT2D eigenvalue weighted by atomic mass is 10.2. The second-order valence-corrected chi connectivity index (χ2v) is 6.05. The van der Waals surface area contributed by atoms with E-state index in [9.17, 15) is 13.2 Å². The molecule has 2 heterocycles. The molecule has 1 aromatic rings. The zero-order chi connectivity index (χ0) is 12.5. The molecule has 0 amide bonds. The molecule has 2 rings (SSSR count). The highest BCUT2D eigenvalue weighted by Crippen LogP contribution is 2.25. The summed E-state index contributed by atoms with van der Waals surface area (Å²) in [6, 6.07) is 1.27. The molecule has 1 aliphatic heterocycles. The van der Waals surface area contributed by atoms with Crippen molar-refractivity contribution in [1.29, 1.82) is 0 Å². The molecular formula is C11H16N2O3S. The molecule has 0 saturated carbocycles. The average Bonchev–Trinajstić information content (AvgIpc) is 2.78. The van der Waals surface area contributed by atoms with Crippen LogP contribution in [-0.2, 0) is 10.0 Å². The minimum absolute atomic E-state index is 0.0274. The van der Waals surface area contributed by atoms with Crippen LogP contribution in [0.4, 0.5) is 0 Å². The quantitative estimate of drug-likeness (QED) is 0.875. The van der Waals surface area contributed by atoms with E-state index in [0.29, 0.717) is 6.54 Å². The van der Waals surface area contributed by atoms with Crippen LogP contribution in [0.2, 0.25) is 0 Å². The maximum atomic E-state index is 12.3. The number of nitrogens with one attached hydrogen (secondary N) is 1. The second-order valence-electron chi connectivity index (χ2n) is 4.19. The molecule has 0 radical (unpaired) electrons. The van der Waals surface area contributed by atoms with E-state index in [1.807, 2.05) is 6.92 Å². The number of hydrogen-bond acceptors (Lipinski definition) is 3. The number of sulfonamides is 1. The van der Waals surface area contributed by atoms with Crippen LogP contribution in [0.1, 0.15) is 26.2 Å². The maximum absolute atomic E-state index is 12.3. The Bertz CT molecular complexity index is 550. The van der Waals surface area contributed by atoms with Crippen LogP contribution in [0, 0.1) is 0 Å². The third-order valence-electron chi connectivity index (χ3n) is 3.17. The third kappa shape index (κ3) is 2.14. The highest BCUT2D eigenvalue weighted by atomic mass is 32.2. The van der Waals surface area contributed by atoms with Gasteiger partial charge in [0.15, 0.2) is 0 Å². The van der Waals surface area contributed by atoms with Gasteiger partial charge < -0.3 is 4.98 Å². The number of aromatic nitrogens is 1. The number of pyridine rings is 1. The van der Waals surface area contributed by atoms with Crippen molar-refractivity contribution < 1.29 is 8.42 Å². The van der Waals surface area contributed by atoms with Gasteiger partial charge >= 0.3 is 0 Å². The Balaban J connectivity index is 2.44. The molecule has 6 heteroatoms. The molecule has 0 aliphatic carbocycles. The first-order valence-electron chi connectivity index (χ1n) is 5.76. The van der Waals surface area contributed by atoms with Crippen LogP contribution in [0.3, 0.4) is 0 Å². The second kappa shape index (κ2) is 4.62. The van der Waals surface area contributed by atoms with Gasteiger partial charge in [0, 0.05) is 31.0 Å². The monoisotopic (exact) mass is 256 g/mol. The van der Waals surface area contributed by atoms with Crippen molar-refractivity contribution in [2.24, 2.45) is 0 Å². The Morgan fingerprint density at radius 2 is 2.29 bits per heavy atom. The first-order valence-corrected chi connectivity index (χ1v) is 7.20. The molecule has 0 spiro atoms. The molecule has 1 atom stereocenters. The number of aromatic amines is 1. The predicted molar refractivity (Wildman–Crippen MR) is 64.3 cm³/mol. The fraction of sp³-hybridized carbons (Fsp3) is 0.545. The zero-order valence-electron chi connectivity index (χ0n) is 9.72. The summed E-state index contributed by atoms with van der Waals surface area (Å²) in [5, 5.41) is 0. The summed E-state index contributed by atoms with van der Waals surface area (Å²) in [6.07, 6.45) is 5.22. The molecule has 1 aliphatic rings. The van der Waals surface area contributed by atoms with E-state index in [-0.39, 0.29) is 10.9 Å². The van der Waals surface area contributed by atoms with Gasteiger partial charge in [-0.1, -0.05) is 6.92 Å². The molecule has 1 fully saturated rings. The predicted octanol–water partition coefficient (Wildman–Crippen LogP) is 0.938. The number of rotatable bonds is 3. The maximum Gasteiger partial charge on any atom is 0.248 e. The van der Waals surface area contributed by atoms with Crippen molar-refractivity contribution in [3.8, 4) is 0 Å². The normalized spacial score (nSPS) is 21.8. The fourth-order valence-electron chi connectivity index (χ4n) is 2.26. The van der Waals surface area contributed by atoms with E-state index in [0.717, 1.165) is 19.3 Å². The van der Waals surface area contributed by atoms with Gasteiger partial charge in [0.2, 0.25) is 15.5 Å². The molecule has 1 saturated heterocycles. The Morgan fingerprint density at radius 1 is 1.53 bits per heavy atom. The summed E-state index contributed by atoms with van der Waals surface area (Å²) in [7, 11) is -3.64. The first-order chi connectivity index (χ1) is 8.07. The van der Waals surface area contributed by atoms with Crippen LogP contribution in [-0.4, -0.2) is 30.3 Å². The summed E-state index contributed by atoms with van der Waals surface area (Å²) < 4.78 is 26.1. The van der Waals surface area contributed by atoms with Gasteiger partial charge in [-0.25, -0.2) is 8.42 Å². The summed E-state index contributed by atoms with van der Waals surface area (Å²) in [5.74, 6) is 0. The molecule has 5 nitrogen and oxygen atoms in total. The molecule has 1 unspecified atom stereocenters. The smallest absolute Gasteiger partial charge is 0.248 e. The lowest BCUT2D eigenvalue weighted by Gasteiger charge is -2.22. The van der Waals surface area contributed by atoms with Gasteiger partial charge in [-0.05, 0) is 19.3 Å². The largest absolute Gasteiger partial charge is 0.366 e. The molecule has 0 bridgehead atoms. The summed E-state index contributed by atoms with van der Waals surface area (Å²) >= 11 is 0. The SMILES string of the molecule is CCC1CCCN1S(=O)(=O)c1c[nH]ccc1=O. The van der Waals surface area contributed by atoms with Gasteiger partial charge in [0.25, 0.3) is 0 Å². The Morgan fingerprint density at radius 3 is 2.94 bits per heavy atom. The van der Waals surface area contributed by atoms with Gasteiger partial charge in [-0.3, -0.25) is 4.79 Å². The Hall–Kier alpha value is -1.14. The van der Waals surface area contributed by atoms with Crippen LogP contribution in [0.15, 0.2) is 28.2 Å². The van der Waals surface area contributed by atoms with E-state index in [1.165, 1.54) is 22.8 Å². The zero-order valence-corrected chi connectivity index (χ0v) is 10.5. The van der Waals surface area contributed by atoms with Crippen LogP contribution >= 0.6 is 0 Å². The van der Waals surface area contributed by atoms with E-state index < -0.39 is 15.5 Å². The highest BCUT2D eigenvalue weighted by Gasteiger charge is 2.35. The molecular weight excluding hydrogens is 240 g/mol.